The van der Waals surface area contributed by atoms with Crippen LogP contribution < -0.4 is 4.90 Å². The molecule has 0 radical (unpaired) electrons. The Morgan fingerprint density at radius 3 is 2.65 bits per heavy atom. The van der Waals surface area contributed by atoms with E-state index in [0.717, 1.165) is 56.0 Å². The summed E-state index contributed by atoms with van der Waals surface area (Å²) in [4.78, 5) is 18.5. The number of imidazole rings is 1. The Morgan fingerprint density at radius 1 is 1.12 bits per heavy atom. The van der Waals surface area contributed by atoms with Crippen LogP contribution in [0.15, 0.2) is 12.7 Å². The zero-order chi connectivity index (χ0) is 17.8. The summed E-state index contributed by atoms with van der Waals surface area (Å²) in [6, 6.07) is 0.326. The van der Waals surface area contributed by atoms with Crippen molar-refractivity contribution < 1.29 is 5.11 Å². The average Bonchev–Trinajstić information content (AvgIpc) is 3.31. The van der Waals surface area contributed by atoms with Crippen molar-refractivity contribution >= 4 is 28.6 Å². The van der Waals surface area contributed by atoms with Gasteiger partial charge in [0.2, 0.25) is 0 Å². The van der Waals surface area contributed by atoms with E-state index in [9.17, 15) is 5.11 Å². The predicted molar refractivity (Wildman–Crippen MR) is 101 cm³/mol. The standard InChI is InChI=1S/C18H25ClN6O/c1-23-2-4-24(5-3-23)17-16-18(21-9-20-17)25(10-22-16)15-7-11-13(8-26)12(15)6-14(11)19/h9-15,26H,2-8H2,1H3/t11-,12-,13-,14-,15-/m0/s1. The van der Waals surface area contributed by atoms with Crippen LogP contribution >= 0.6 is 11.6 Å². The van der Waals surface area contributed by atoms with Gasteiger partial charge in [-0.25, -0.2) is 15.0 Å². The molecule has 2 saturated carbocycles. The average molecular weight is 377 g/mol. The lowest BCUT2D eigenvalue weighted by molar-refractivity contribution is 0.185. The van der Waals surface area contributed by atoms with E-state index in [1.165, 1.54) is 0 Å². The number of rotatable bonds is 3. The number of hydrogen-bond acceptors (Lipinski definition) is 6. The predicted octanol–water partition coefficient (Wildman–Crippen LogP) is 1.37. The number of halogens is 1. The van der Waals surface area contributed by atoms with E-state index >= 15 is 0 Å². The third kappa shape index (κ3) is 2.44. The third-order valence-electron chi connectivity index (χ3n) is 6.78. The fourth-order valence-electron chi connectivity index (χ4n) is 5.34. The number of piperazine rings is 1. The molecule has 0 amide bonds. The van der Waals surface area contributed by atoms with Crippen LogP contribution in [0.4, 0.5) is 5.82 Å². The van der Waals surface area contributed by atoms with Gasteiger partial charge in [0, 0.05) is 44.2 Å². The molecule has 140 valence electrons. The number of aliphatic hydroxyl groups is 1. The minimum absolute atomic E-state index is 0.193. The number of aromatic nitrogens is 4. The van der Waals surface area contributed by atoms with Crippen LogP contribution in [0.1, 0.15) is 18.9 Å². The van der Waals surface area contributed by atoms with E-state index in [0.29, 0.717) is 23.8 Å². The molecule has 2 bridgehead atoms. The molecule has 5 rings (SSSR count). The summed E-state index contributed by atoms with van der Waals surface area (Å²) in [5.41, 5.74) is 1.80. The number of fused-ring (bicyclic) bond motifs is 3. The summed E-state index contributed by atoms with van der Waals surface area (Å²) in [5.74, 6) is 2.05. The zero-order valence-electron chi connectivity index (χ0n) is 15.0. The van der Waals surface area contributed by atoms with E-state index in [1.807, 2.05) is 6.33 Å². The largest absolute Gasteiger partial charge is 0.396 e. The second kappa shape index (κ2) is 6.32. The van der Waals surface area contributed by atoms with Gasteiger partial charge in [0.15, 0.2) is 17.0 Å². The van der Waals surface area contributed by atoms with E-state index in [1.54, 1.807) is 6.33 Å². The van der Waals surface area contributed by atoms with Crippen LogP contribution in [0.5, 0.6) is 0 Å². The lowest BCUT2D eigenvalue weighted by atomic mass is 9.94. The normalized spacial score (nSPS) is 34.9. The van der Waals surface area contributed by atoms with Crippen LogP contribution in [0.25, 0.3) is 11.2 Å². The van der Waals surface area contributed by atoms with Crippen molar-refractivity contribution in [1.82, 2.24) is 24.4 Å². The molecule has 3 heterocycles. The second-order valence-corrected chi connectivity index (χ2v) is 8.60. The first-order chi connectivity index (χ1) is 12.7. The Morgan fingerprint density at radius 2 is 1.92 bits per heavy atom. The van der Waals surface area contributed by atoms with Crippen molar-refractivity contribution in [3.05, 3.63) is 12.7 Å². The summed E-state index contributed by atoms with van der Waals surface area (Å²) in [6.07, 6.45) is 5.55. The highest BCUT2D eigenvalue weighted by molar-refractivity contribution is 6.21. The maximum Gasteiger partial charge on any atom is 0.165 e. The molecule has 5 atom stereocenters. The Hall–Kier alpha value is -1.44. The van der Waals surface area contributed by atoms with Gasteiger partial charge in [0.05, 0.1) is 6.33 Å². The number of alkyl halides is 1. The highest BCUT2D eigenvalue weighted by Crippen LogP contribution is 2.56. The topological polar surface area (TPSA) is 70.3 Å². The molecular weight excluding hydrogens is 352 g/mol. The number of likely N-dealkylation sites (N-methyl/N-ethyl adjacent to an activating group) is 1. The van der Waals surface area contributed by atoms with Gasteiger partial charge in [-0.2, -0.15) is 0 Å². The van der Waals surface area contributed by atoms with Gasteiger partial charge >= 0.3 is 0 Å². The van der Waals surface area contributed by atoms with Crippen LogP contribution in [-0.2, 0) is 0 Å². The van der Waals surface area contributed by atoms with Crippen LogP contribution in [-0.4, -0.2) is 74.7 Å². The smallest absolute Gasteiger partial charge is 0.165 e. The monoisotopic (exact) mass is 376 g/mol. The summed E-state index contributed by atoms with van der Waals surface area (Å²) in [7, 11) is 2.15. The molecule has 1 aliphatic heterocycles. The van der Waals surface area contributed by atoms with Gasteiger partial charge in [-0.15, -0.1) is 11.6 Å². The van der Waals surface area contributed by atoms with E-state index in [2.05, 4.69) is 31.4 Å². The molecule has 0 unspecified atom stereocenters. The number of hydrogen-bond donors (Lipinski definition) is 1. The van der Waals surface area contributed by atoms with Crippen molar-refractivity contribution in [3.63, 3.8) is 0 Å². The Labute approximate surface area is 158 Å². The van der Waals surface area contributed by atoms with Gasteiger partial charge in [-0.05, 0) is 37.6 Å². The van der Waals surface area contributed by atoms with Crippen LogP contribution in [0.2, 0.25) is 0 Å². The minimum Gasteiger partial charge on any atom is -0.396 e. The lowest BCUT2D eigenvalue weighted by Gasteiger charge is -2.33. The Bertz CT molecular complexity index is 804. The molecule has 26 heavy (non-hydrogen) atoms. The summed E-state index contributed by atoms with van der Waals surface area (Å²) >= 11 is 6.49. The van der Waals surface area contributed by atoms with Crippen molar-refractivity contribution in [1.29, 1.82) is 0 Å². The van der Waals surface area contributed by atoms with Gasteiger partial charge < -0.3 is 19.5 Å². The van der Waals surface area contributed by atoms with Gasteiger partial charge in [0.1, 0.15) is 6.33 Å². The highest BCUT2D eigenvalue weighted by Gasteiger charge is 2.53. The molecule has 7 nitrogen and oxygen atoms in total. The molecule has 1 N–H and O–H groups in total. The number of anilines is 1. The molecule has 0 spiro atoms. The Kier molecular flexibility index (Phi) is 4.06. The van der Waals surface area contributed by atoms with Crippen molar-refractivity contribution in [2.75, 3.05) is 44.7 Å². The quantitative estimate of drug-likeness (QED) is 0.816. The van der Waals surface area contributed by atoms with Crippen LogP contribution in [0, 0.1) is 17.8 Å². The third-order valence-corrected chi connectivity index (χ3v) is 7.28. The van der Waals surface area contributed by atoms with Gasteiger partial charge in [0.25, 0.3) is 0 Å². The van der Waals surface area contributed by atoms with Crippen molar-refractivity contribution in [3.8, 4) is 0 Å². The second-order valence-electron chi connectivity index (χ2n) is 8.04. The Balaban J connectivity index is 1.49. The molecule has 8 heteroatoms. The van der Waals surface area contributed by atoms with Crippen LogP contribution in [0.3, 0.4) is 0 Å². The zero-order valence-corrected chi connectivity index (χ0v) is 15.8. The molecular formula is C18H25ClN6O. The number of nitrogens with zero attached hydrogens (tertiary/aromatic N) is 6. The molecule has 0 aromatic carbocycles. The molecule has 3 fully saturated rings. The highest BCUT2D eigenvalue weighted by atomic mass is 35.5. The molecule has 2 aromatic rings. The molecule has 3 aliphatic rings. The fourth-order valence-corrected chi connectivity index (χ4v) is 5.83. The fraction of sp³-hybridized carbons (Fsp3) is 0.722. The maximum atomic E-state index is 9.81. The SMILES string of the molecule is CN1CCN(c2ncnc3c2ncn3[C@H]2C[C@H]3[C@H](CO)[C@@H]2C[C@@H]3Cl)CC1. The summed E-state index contributed by atoms with van der Waals surface area (Å²) in [6.45, 7) is 4.22. The van der Waals surface area contributed by atoms with Crippen molar-refractivity contribution in [2.24, 2.45) is 17.8 Å². The summed E-state index contributed by atoms with van der Waals surface area (Å²) in [5, 5.41) is 10.0. The first kappa shape index (κ1) is 16.7. The maximum absolute atomic E-state index is 9.81. The first-order valence-electron chi connectivity index (χ1n) is 9.53. The first-order valence-corrected chi connectivity index (χ1v) is 9.97. The van der Waals surface area contributed by atoms with E-state index in [-0.39, 0.29) is 12.0 Å². The van der Waals surface area contributed by atoms with Gasteiger partial charge in [-0.3, -0.25) is 0 Å². The lowest BCUT2D eigenvalue weighted by Crippen LogP contribution is -2.44. The molecule has 2 aliphatic carbocycles. The minimum atomic E-state index is 0.193. The molecule has 1 saturated heterocycles. The van der Waals surface area contributed by atoms with Gasteiger partial charge in [-0.1, -0.05) is 0 Å². The van der Waals surface area contributed by atoms with Crippen molar-refractivity contribution in [2.45, 2.75) is 24.3 Å². The number of aliphatic hydroxyl groups excluding tert-OH is 1. The summed E-state index contributed by atoms with van der Waals surface area (Å²) < 4.78 is 2.21. The van der Waals surface area contributed by atoms with E-state index < -0.39 is 0 Å². The van der Waals surface area contributed by atoms with E-state index in [4.69, 9.17) is 16.6 Å². The molecule has 2 aromatic heterocycles.